The molecule has 1 aromatic carbocycles. The van der Waals surface area contributed by atoms with Crippen molar-refractivity contribution in [3.05, 3.63) is 23.8 Å². The van der Waals surface area contributed by atoms with Crippen LogP contribution in [0.5, 0.6) is 11.5 Å². The molecule has 0 aliphatic carbocycles. The molecule has 0 bridgehead atoms. The molecule has 0 saturated carbocycles. The molecule has 1 rings (SSSR count). The van der Waals surface area contributed by atoms with Gasteiger partial charge in [-0.15, -0.1) is 12.4 Å². The number of methoxy groups -OCH3 is 2. The van der Waals surface area contributed by atoms with E-state index in [2.05, 4.69) is 19.2 Å². The quantitative estimate of drug-likeness (QED) is 0.852. The summed E-state index contributed by atoms with van der Waals surface area (Å²) in [6.07, 6.45) is 1.12. The van der Waals surface area contributed by atoms with E-state index in [1.54, 1.807) is 14.2 Å². The minimum Gasteiger partial charge on any atom is -0.497 e. The van der Waals surface area contributed by atoms with Crippen LogP contribution in [-0.2, 0) is 6.54 Å². The van der Waals surface area contributed by atoms with Crippen LogP contribution in [-0.4, -0.2) is 20.3 Å². The van der Waals surface area contributed by atoms with E-state index in [0.717, 1.165) is 30.0 Å². The van der Waals surface area contributed by atoms with Gasteiger partial charge in [-0.3, -0.25) is 0 Å². The van der Waals surface area contributed by atoms with Gasteiger partial charge in [0.25, 0.3) is 0 Å². The summed E-state index contributed by atoms with van der Waals surface area (Å²) in [6, 6.07) is 6.42. The average Bonchev–Trinajstić information content (AvgIpc) is 2.35. The number of nitrogens with one attached hydrogen (secondary N) is 1. The minimum absolute atomic E-state index is 0. The lowest BCUT2D eigenvalue weighted by atomic mass is 10.1. The van der Waals surface area contributed by atoms with Gasteiger partial charge in [-0.25, -0.2) is 0 Å². The van der Waals surface area contributed by atoms with Crippen LogP contribution in [0.3, 0.4) is 0 Å². The van der Waals surface area contributed by atoms with Crippen LogP contribution < -0.4 is 14.8 Å². The van der Waals surface area contributed by atoms with Gasteiger partial charge in [0, 0.05) is 24.2 Å². The number of halogens is 1. The molecule has 4 heteroatoms. The molecule has 0 radical (unpaired) electrons. The summed E-state index contributed by atoms with van der Waals surface area (Å²) >= 11 is 0. The molecule has 0 amide bonds. The number of rotatable bonds is 6. The van der Waals surface area contributed by atoms with Crippen molar-refractivity contribution >= 4 is 12.4 Å². The van der Waals surface area contributed by atoms with Crippen LogP contribution in [0.4, 0.5) is 0 Å². The molecular formula is C13H22ClNO2. The highest BCUT2D eigenvalue weighted by Crippen LogP contribution is 2.24. The summed E-state index contributed by atoms with van der Waals surface area (Å²) in [7, 11) is 3.34. The predicted octanol–water partition coefficient (Wildman–Crippen LogP) is 3.01. The van der Waals surface area contributed by atoms with Gasteiger partial charge in [0.1, 0.15) is 11.5 Å². The van der Waals surface area contributed by atoms with Crippen LogP contribution in [0, 0.1) is 0 Å². The Morgan fingerprint density at radius 2 is 1.94 bits per heavy atom. The van der Waals surface area contributed by atoms with Crippen LogP contribution in [0.15, 0.2) is 18.2 Å². The Bertz CT molecular complexity index is 331. The van der Waals surface area contributed by atoms with E-state index < -0.39 is 0 Å². The van der Waals surface area contributed by atoms with E-state index in [1.807, 2.05) is 18.2 Å². The lowest BCUT2D eigenvalue weighted by Gasteiger charge is -2.14. The molecule has 0 spiro atoms. The highest BCUT2D eigenvalue weighted by Gasteiger charge is 2.05. The zero-order valence-electron chi connectivity index (χ0n) is 10.9. The molecule has 0 aliphatic rings. The van der Waals surface area contributed by atoms with E-state index in [1.165, 1.54) is 0 Å². The van der Waals surface area contributed by atoms with Crippen LogP contribution in [0.2, 0.25) is 0 Å². The molecule has 0 aliphatic heterocycles. The first-order valence-electron chi connectivity index (χ1n) is 5.65. The molecule has 0 saturated heterocycles. The fraction of sp³-hybridized carbons (Fsp3) is 0.538. The summed E-state index contributed by atoms with van der Waals surface area (Å²) < 4.78 is 10.5. The van der Waals surface area contributed by atoms with Crippen LogP contribution in [0.1, 0.15) is 25.8 Å². The van der Waals surface area contributed by atoms with Crippen LogP contribution >= 0.6 is 12.4 Å². The maximum atomic E-state index is 5.33. The van der Waals surface area contributed by atoms with Crippen molar-refractivity contribution in [1.29, 1.82) is 0 Å². The molecular weight excluding hydrogens is 238 g/mol. The number of hydrogen-bond donors (Lipinski definition) is 1. The Morgan fingerprint density at radius 1 is 1.24 bits per heavy atom. The Kier molecular flexibility index (Phi) is 7.75. The molecule has 1 N–H and O–H groups in total. The van der Waals surface area contributed by atoms with Crippen LogP contribution in [0.25, 0.3) is 0 Å². The van der Waals surface area contributed by atoms with Gasteiger partial charge < -0.3 is 14.8 Å². The highest BCUT2D eigenvalue weighted by molar-refractivity contribution is 5.85. The van der Waals surface area contributed by atoms with Crippen molar-refractivity contribution in [2.24, 2.45) is 0 Å². The maximum Gasteiger partial charge on any atom is 0.127 e. The van der Waals surface area contributed by atoms with Gasteiger partial charge >= 0.3 is 0 Å². The molecule has 0 heterocycles. The zero-order chi connectivity index (χ0) is 12.0. The van der Waals surface area contributed by atoms with Gasteiger partial charge in [0.15, 0.2) is 0 Å². The largest absolute Gasteiger partial charge is 0.497 e. The van der Waals surface area contributed by atoms with Crippen molar-refractivity contribution in [2.45, 2.75) is 32.9 Å². The van der Waals surface area contributed by atoms with E-state index >= 15 is 0 Å². The second-order valence-corrected chi connectivity index (χ2v) is 3.87. The molecule has 17 heavy (non-hydrogen) atoms. The summed E-state index contributed by atoms with van der Waals surface area (Å²) in [5.74, 6) is 1.69. The van der Waals surface area contributed by atoms with Crippen molar-refractivity contribution in [1.82, 2.24) is 5.32 Å². The van der Waals surface area contributed by atoms with Gasteiger partial charge in [-0.1, -0.05) is 13.0 Å². The molecule has 1 aromatic rings. The second-order valence-electron chi connectivity index (χ2n) is 3.87. The normalized spacial score (nSPS) is 11.5. The van der Waals surface area contributed by atoms with Crippen molar-refractivity contribution < 1.29 is 9.47 Å². The van der Waals surface area contributed by atoms with Crippen molar-refractivity contribution in [3.8, 4) is 11.5 Å². The Hall–Kier alpha value is -0.930. The third-order valence-electron chi connectivity index (χ3n) is 2.75. The smallest absolute Gasteiger partial charge is 0.127 e. The highest BCUT2D eigenvalue weighted by atomic mass is 35.5. The third-order valence-corrected chi connectivity index (χ3v) is 2.75. The van der Waals surface area contributed by atoms with E-state index in [4.69, 9.17) is 9.47 Å². The topological polar surface area (TPSA) is 30.5 Å². The number of ether oxygens (including phenoxy) is 2. The van der Waals surface area contributed by atoms with E-state index in [-0.39, 0.29) is 12.4 Å². The third kappa shape index (κ3) is 4.84. The SMILES string of the molecule is CCC(C)NCc1ccc(OC)cc1OC.Cl. The second kappa shape index (κ2) is 8.20. The fourth-order valence-electron chi connectivity index (χ4n) is 1.43. The number of benzene rings is 1. The van der Waals surface area contributed by atoms with E-state index in [0.29, 0.717) is 6.04 Å². The van der Waals surface area contributed by atoms with Gasteiger partial charge in [-0.05, 0) is 19.4 Å². The minimum atomic E-state index is 0. The van der Waals surface area contributed by atoms with Crippen molar-refractivity contribution in [2.75, 3.05) is 14.2 Å². The van der Waals surface area contributed by atoms with Gasteiger partial charge in [0.05, 0.1) is 14.2 Å². The summed E-state index contributed by atoms with van der Waals surface area (Å²) in [5.41, 5.74) is 1.16. The lowest BCUT2D eigenvalue weighted by molar-refractivity contribution is 0.388. The molecule has 3 nitrogen and oxygen atoms in total. The van der Waals surface area contributed by atoms with Crippen molar-refractivity contribution in [3.63, 3.8) is 0 Å². The average molecular weight is 260 g/mol. The zero-order valence-corrected chi connectivity index (χ0v) is 11.8. The standard InChI is InChI=1S/C13H21NO2.ClH/c1-5-10(2)14-9-11-6-7-12(15-3)8-13(11)16-4;/h6-8,10,14H,5,9H2,1-4H3;1H. The first kappa shape index (κ1) is 16.1. The van der Waals surface area contributed by atoms with E-state index in [9.17, 15) is 0 Å². The van der Waals surface area contributed by atoms with Gasteiger partial charge in [-0.2, -0.15) is 0 Å². The first-order valence-corrected chi connectivity index (χ1v) is 5.65. The molecule has 1 atom stereocenters. The monoisotopic (exact) mass is 259 g/mol. The molecule has 98 valence electrons. The Balaban J connectivity index is 0.00000256. The summed E-state index contributed by atoms with van der Waals surface area (Å²) in [4.78, 5) is 0. The Morgan fingerprint density at radius 3 is 2.47 bits per heavy atom. The number of hydrogen-bond acceptors (Lipinski definition) is 3. The van der Waals surface area contributed by atoms with Gasteiger partial charge in [0.2, 0.25) is 0 Å². The summed E-state index contributed by atoms with van der Waals surface area (Å²) in [5, 5.41) is 3.44. The first-order chi connectivity index (χ1) is 7.71. The molecule has 0 fully saturated rings. The maximum absolute atomic E-state index is 5.33. The predicted molar refractivity (Wildman–Crippen MR) is 73.4 cm³/mol. The molecule has 0 aromatic heterocycles. The Labute approximate surface area is 110 Å². The molecule has 1 unspecified atom stereocenters. The fourth-order valence-corrected chi connectivity index (χ4v) is 1.43. The lowest BCUT2D eigenvalue weighted by Crippen LogP contribution is -2.24. The summed E-state index contributed by atoms with van der Waals surface area (Å²) in [6.45, 7) is 5.17.